The Bertz CT molecular complexity index is 440. The van der Waals surface area contributed by atoms with Crippen molar-refractivity contribution in [1.82, 2.24) is 14.7 Å². The molecule has 0 N–H and O–H groups in total. The van der Waals surface area contributed by atoms with Gasteiger partial charge >= 0.3 is 0 Å². The fourth-order valence-corrected chi connectivity index (χ4v) is 3.73. The van der Waals surface area contributed by atoms with Gasteiger partial charge in [0.15, 0.2) is 0 Å². The van der Waals surface area contributed by atoms with E-state index in [1.165, 1.54) is 0 Å². The summed E-state index contributed by atoms with van der Waals surface area (Å²) in [6, 6.07) is 0. The molecule has 0 aromatic rings. The van der Waals surface area contributed by atoms with Crippen molar-refractivity contribution in [2.24, 2.45) is 0 Å². The van der Waals surface area contributed by atoms with Crippen LogP contribution in [-0.4, -0.2) is 98.3 Å². The molecule has 25 heavy (non-hydrogen) atoms. The lowest BCUT2D eigenvalue weighted by atomic mass is 10.1. The maximum Gasteiger partial charge on any atom is 0.225 e. The van der Waals surface area contributed by atoms with Gasteiger partial charge in [0, 0.05) is 58.8 Å². The maximum atomic E-state index is 12.4. The molecule has 2 amide bonds. The molecule has 0 saturated carbocycles. The van der Waals surface area contributed by atoms with Gasteiger partial charge in [0.1, 0.15) is 0 Å². The molecule has 3 rings (SSSR count). The first-order valence-electron chi connectivity index (χ1n) is 9.69. The largest absolute Gasteiger partial charge is 0.379 e. The smallest absolute Gasteiger partial charge is 0.225 e. The van der Waals surface area contributed by atoms with Gasteiger partial charge < -0.3 is 19.3 Å². The zero-order chi connectivity index (χ0) is 17.5. The minimum atomic E-state index is 0.0921. The van der Waals surface area contributed by atoms with Gasteiger partial charge in [-0.2, -0.15) is 0 Å². The Morgan fingerprint density at radius 3 is 2.16 bits per heavy atom. The summed E-state index contributed by atoms with van der Waals surface area (Å²) in [5, 5.41) is 0. The number of hydrogen-bond acceptors (Lipinski definition) is 5. The predicted octanol–water partition coefficient (Wildman–Crippen LogP) is 0.339. The molecule has 0 radical (unpaired) electrons. The zero-order valence-corrected chi connectivity index (χ0v) is 15.2. The summed E-state index contributed by atoms with van der Waals surface area (Å²) in [5.74, 6) is 0.376. The molecule has 0 bridgehead atoms. The lowest BCUT2D eigenvalue weighted by Gasteiger charge is -2.36. The van der Waals surface area contributed by atoms with E-state index in [2.05, 4.69) is 4.90 Å². The molecule has 142 valence electrons. The minimum Gasteiger partial charge on any atom is -0.379 e. The number of hydrogen-bond donors (Lipinski definition) is 0. The van der Waals surface area contributed by atoms with Crippen molar-refractivity contribution < 1.29 is 19.1 Å². The Morgan fingerprint density at radius 1 is 0.840 bits per heavy atom. The third kappa shape index (κ3) is 5.66. The Hall–Kier alpha value is -1.18. The van der Waals surface area contributed by atoms with Gasteiger partial charge in [-0.25, -0.2) is 0 Å². The van der Waals surface area contributed by atoms with Crippen molar-refractivity contribution in [2.45, 2.75) is 38.2 Å². The number of ether oxygens (including phenoxy) is 2. The molecule has 7 heteroatoms. The number of carbonyl (C=O) groups is 2. The van der Waals surface area contributed by atoms with Crippen LogP contribution in [0.25, 0.3) is 0 Å². The van der Waals surface area contributed by atoms with E-state index in [1.807, 2.05) is 9.80 Å². The first-order chi connectivity index (χ1) is 12.2. The third-order valence-corrected chi connectivity index (χ3v) is 5.41. The fourth-order valence-electron chi connectivity index (χ4n) is 3.73. The summed E-state index contributed by atoms with van der Waals surface area (Å²) in [6.07, 6.45) is 4.40. The van der Waals surface area contributed by atoms with Crippen LogP contribution in [0, 0.1) is 0 Å². The molecule has 7 nitrogen and oxygen atoms in total. The van der Waals surface area contributed by atoms with Crippen LogP contribution in [0.15, 0.2) is 0 Å². The number of piperazine rings is 1. The molecule has 1 atom stereocenters. The van der Waals surface area contributed by atoms with Crippen LogP contribution in [0.3, 0.4) is 0 Å². The lowest BCUT2D eigenvalue weighted by Crippen LogP contribution is -2.51. The molecule has 0 aliphatic carbocycles. The summed E-state index contributed by atoms with van der Waals surface area (Å²) in [5.41, 5.74) is 0. The fraction of sp³-hybridized carbons (Fsp3) is 0.889. The summed E-state index contributed by atoms with van der Waals surface area (Å²) < 4.78 is 11.0. The first kappa shape index (κ1) is 18.6. The quantitative estimate of drug-likeness (QED) is 0.713. The van der Waals surface area contributed by atoms with Gasteiger partial charge in [-0.15, -0.1) is 0 Å². The third-order valence-electron chi connectivity index (χ3n) is 5.41. The Balaban J connectivity index is 1.34. The molecule has 3 saturated heterocycles. The predicted molar refractivity (Wildman–Crippen MR) is 93.2 cm³/mol. The normalized spacial score (nSPS) is 25.8. The average Bonchev–Trinajstić information content (AvgIpc) is 2.68. The average molecular weight is 353 g/mol. The lowest BCUT2D eigenvalue weighted by molar-refractivity contribution is -0.142. The molecule has 3 aliphatic rings. The zero-order valence-electron chi connectivity index (χ0n) is 15.2. The summed E-state index contributed by atoms with van der Waals surface area (Å²) in [7, 11) is 0. The van der Waals surface area contributed by atoms with Gasteiger partial charge in [0.2, 0.25) is 11.8 Å². The van der Waals surface area contributed by atoms with Gasteiger partial charge in [0.25, 0.3) is 0 Å². The summed E-state index contributed by atoms with van der Waals surface area (Å²) in [6.45, 7) is 7.54. The molecule has 3 aliphatic heterocycles. The van der Waals surface area contributed by atoms with Crippen LogP contribution < -0.4 is 0 Å². The van der Waals surface area contributed by atoms with E-state index >= 15 is 0 Å². The SMILES string of the molecule is O=C(CCN1CCOCC1)N1CCN(C(=O)CC2CCCCO2)CC1. The molecular formula is C18H31N3O4. The van der Waals surface area contributed by atoms with Crippen molar-refractivity contribution >= 4 is 11.8 Å². The van der Waals surface area contributed by atoms with E-state index < -0.39 is 0 Å². The number of rotatable bonds is 5. The van der Waals surface area contributed by atoms with E-state index in [9.17, 15) is 9.59 Å². The second kappa shape index (κ2) is 9.50. The van der Waals surface area contributed by atoms with Crippen molar-refractivity contribution in [1.29, 1.82) is 0 Å². The van der Waals surface area contributed by atoms with Crippen molar-refractivity contribution in [3.63, 3.8) is 0 Å². The van der Waals surface area contributed by atoms with Gasteiger partial charge in [-0.1, -0.05) is 0 Å². The summed E-state index contributed by atoms with van der Waals surface area (Å²) >= 11 is 0. The van der Waals surface area contributed by atoms with Gasteiger partial charge in [-0.3, -0.25) is 14.5 Å². The Kier molecular flexibility index (Phi) is 7.07. The number of amides is 2. The molecule has 0 aromatic heterocycles. The van der Waals surface area contributed by atoms with Crippen LogP contribution in [-0.2, 0) is 19.1 Å². The van der Waals surface area contributed by atoms with E-state index in [1.54, 1.807) is 0 Å². The number of nitrogens with zero attached hydrogens (tertiary/aromatic N) is 3. The van der Waals surface area contributed by atoms with Gasteiger partial charge in [-0.05, 0) is 19.3 Å². The molecule has 3 heterocycles. The standard InChI is InChI=1S/C18H31N3O4/c22-17(4-5-19-10-13-24-14-11-19)20-6-8-21(9-7-20)18(23)15-16-3-1-2-12-25-16/h16H,1-15H2. The highest BCUT2D eigenvalue weighted by atomic mass is 16.5. The summed E-state index contributed by atoms with van der Waals surface area (Å²) in [4.78, 5) is 30.9. The van der Waals surface area contributed by atoms with Gasteiger partial charge in [0.05, 0.1) is 25.7 Å². The highest BCUT2D eigenvalue weighted by Crippen LogP contribution is 2.17. The minimum absolute atomic E-state index is 0.0921. The molecule has 1 unspecified atom stereocenters. The van der Waals surface area contributed by atoms with Crippen LogP contribution in [0.4, 0.5) is 0 Å². The number of carbonyl (C=O) groups excluding carboxylic acids is 2. The van der Waals surface area contributed by atoms with Crippen LogP contribution in [0.5, 0.6) is 0 Å². The molecule has 0 spiro atoms. The van der Waals surface area contributed by atoms with E-state index in [-0.39, 0.29) is 17.9 Å². The van der Waals surface area contributed by atoms with Crippen LogP contribution in [0.2, 0.25) is 0 Å². The molecule has 3 fully saturated rings. The topological polar surface area (TPSA) is 62.3 Å². The molecule has 0 aromatic carbocycles. The second-order valence-corrected chi connectivity index (χ2v) is 7.16. The van der Waals surface area contributed by atoms with Crippen LogP contribution in [0.1, 0.15) is 32.1 Å². The van der Waals surface area contributed by atoms with Crippen LogP contribution >= 0.6 is 0 Å². The first-order valence-corrected chi connectivity index (χ1v) is 9.69. The van der Waals surface area contributed by atoms with E-state index in [0.29, 0.717) is 39.0 Å². The van der Waals surface area contributed by atoms with Crippen molar-refractivity contribution in [3.05, 3.63) is 0 Å². The highest BCUT2D eigenvalue weighted by molar-refractivity contribution is 5.78. The number of morpholine rings is 1. The van der Waals surface area contributed by atoms with Crippen molar-refractivity contribution in [2.75, 3.05) is 65.6 Å². The Morgan fingerprint density at radius 2 is 1.52 bits per heavy atom. The Labute approximate surface area is 150 Å². The van der Waals surface area contributed by atoms with E-state index in [0.717, 1.165) is 58.7 Å². The second-order valence-electron chi connectivity index (χ2n) is 7.16. The van der Waals surface area contributed by atoms with Crippen molar-refractivity contribution in [3.8, 4) is 0 Å². The maximum absolute atomic E-state index is 12.4. The monoisotopic (exact) mass is 353 g/mol. The van der Waals surface area contributed by atoms with E-state index in [4.69, 9.17) is 9.47 Å². The molecular weight excluding hydrogens is 322 g/mol. The highest BCUT2D eigenvalue weighted by Gasteiger charge is 2.26.